The van der Waals surface area contributed by atoms with Crippen LogP contribution in [0.15, 0.2) is 18.2 Å². The first-order valence-electron chi connectivity index (χ1n) is 7.65. The summed E-state index contributed by atoms with van der Waals surface area (Å²) < 4.78 is 5.20. The lowest BCUT2D eigenvalue weighted by Crippen LogP contribution is -2.35. The van der Waals surface area contributed by atoms with Crippen molar-refractivity contribution >= 4 is 5.69 Å². The molecule has 0 saturated carbocycles. The van der Waals surface area contributed by atoms with Gasteiger partial charge >= 0.3 is 0 Å². The monoisotopic (exact) mass is 275 g/mol. The van der Waals surface area contributed by atoms with Gasteiger partial charge in [-0.05, 0) is 44.0 Å². The van der Waals surface area contributed by atoms with Gasteiger partial charge in [-0.3, -0.25) is 9.80 Å². The molecule has 0 amide bonds. The molecular formula is C16H25N3O. The van der Waals surface area contributed by atoms with Gasteiger partial charge in [0.15, 0.2) is 0 Å². The van der Waals surface area contributed by atoms with Crippen LogP contribution in [0.25, 0.3) is 0 Å². The van der Waals surface area contributed by atoms with Crippen LogP contribution in [0.2, 0.25) is 0 Å². The third-order valence-corrected chi connectivity index (χ3v) is 4.65. The molecule has 0 aliphatic carbocycles. The number of nitrogens with two attached hydrogens (primary N) is 1. The first-order valence-corrected chi connectivity index (χ1v) is 7.65. The van der Waals surface area contributed by atoms with Gasteiger partial charge in [0.1, 0.15) is 5.75 Å². The van der Waals surface area contributed by atoms with E-state index in [4.69, 9.17) is 10.5 Å². The molecule has 0 spiro atoms. The van der Waals surface area contributed by atoms with Crippen molar-refractivity contribution in [3.8, 4) is 5.75 Å². The fourth-order valence-electron chi connectivity index (χ4n) is 3.45. The standard InChI is InChI=1S/C16H25N3O/c1-20-15-5-4-13(16(17)10-15)11-18-9-6-14(12-18)19-7-2-3-8-19/h4-5,10,14H,2-3,6-9,11-12,17H2,1H3. The minimum absolute atomic E-state index is 0.761. The number of nitrogens with zero attached hydrogens (tertiary/aromatic N) is 2. The van der Waals surface area contributed by atoms with E-state index in [2.05, 4.69) is 15.9 Å². The Hall–Kier alpha value is -1.26. The zero-order valence-corrected chi connectivity index (χ0v) is 12.3. The summed E-state index contributed by atoms with van der Waals surface area (Å²) in [5.41, 5.74) is 8.17. The van der Waals surface area contributed by atoms with E-state index < -0.39 is 0 Å². The Balaban J connectivity index is 1.58. The molecule has 4 nitrogen and oxygen atoms in total. The molecule has 2 fully saturated rings. The molecule has 1 atom stereocenters. The molecule has 110 valence electrons. The lowest BCUT2D eigenvalue weighted by Gasteiger charge is -2.24. The lowest BCUT2D eigenvalue weighted by molar-refractivity contribution is 0.230. The Kier molecular flexibility index (Phi) is 4.13. The highest BCUT2D eigenvalue weighted by Gasteiger charge is 2.29. The maximum Gasteiger partial charge on any atom is 0.120 e. The van der Waals surface area contributed by atoms with Gasteiger partial charge in [0.05, 0.1) is 7.11 Å². The van der Waals surface area contributed by atoms with Crippen LogP contribution < -0.4 is 10.5 Å². The molecule has 0 bridgehead atoms. The SMILES string of the molecule is COc1ccc(CN2CCC(N3CCCC3)C2)c(N)c1. The van der Waals surface area contributed by atoms with Crippen LogP contribution in [0, 0.1) is 0 Å². The third kappa shape index (κ3) is 2.91. The number of likely N-dealkylation sites (tertiary alicyclic amines) is 2. The number of anilines is 1. The molecule has 2 aliphatic heterocycles. The van der Waals surface area contributed by atoms with Gasteiger partial charge in [-0.25, -0.2) is 0 Å². The normalized spacial score (nSPS) is 24.4. The maximum absolute atomic E-state index is 6.11. The van der Waals surface area contributed by atoms with Gasteiger partial charge in [-0.2, -0.15) is 0 Å². The molecule has 0 radical (unpaired) electrons. The molecule has 20 heavy (non-hydrogen) atoms. The fraction of sp³-hybridized carbons (Fsp3) is 0.625. The van der Waals surface area contributed by atoms with Gasteiger partial charge in [0, 0.05) is 37.4 Å². The molecule has 3 rings (SSSR count). The molecule has 4 heteroatoms. The largest absolute Gasteiger partial charge is 0.497 e. The second-order valence-corrected chi connectivity index (χ2v) is 5.99. The molecule has 1 aromatic carbocycles. The topological polar surface area (TPSA) is 41.7 Å². The fourth-order valence-corrected chi connectivity index (χ4v) is 3.45. The van der Waals surface area contributed by atoms with E-state index >= 15 is 0 Å². The molecule has 2 N–H and O–H groups in total. The lowest BCUT2D eigenvalue weighted by atomic mass is 10.1. The van der Waals surface area contributed by atoms with Crippen molar-refractivity contribution in [3.63, 3.8) is 0 Å². The first-order chi connectivity index (χ1) is 9.76. The second-order valence-electron chi connectivity index (χ2n) is 5.99. The van der Waals surface area contributed by atoms with Crippen LogP contribution in [0.4, 0.5) is 5.69 Å². The maximum atomic E-state index is 6.11. The predicted octanol–water partition coefficient (Wildman–Crippen LogP) is 1.95. The smallest absolute Gasteiger partial charge is 0.120 e. The van der Waals surface area contributed by atoms with Crippen LogP contribution in [0.3, 0.4) is 0 Å². The van der Waals surface area contributed by atoms with Crippen molar-refractivity contribution in [1.82, 2.24) is 9.80 Å². The molecule has 2 heterocycles. The number of benzene rings is 1. The average molecular weight is 275 g/mol. The summed E-state index contributed by atoms with van der Waals surface area (Å²) in [5, 5.41) is 0. The van der Waals surface area contributed by atoms with E-state index in [0.717, 1.165) is 24.0 Å². The molecule has 2 saturated heterocycles. The van der Waals surface area contributed by atoms with Crippen LogP contribution >= 0.6 is 0 Å². The van der Waals surface area contributed by atoms with Crippen molar-refractivity contribution in [3.05, 3.63) is 23.8 Å². The Morgan fingerprint density at radius 2 is 2.05 bits per heavy atom. The van der Waals surface area contributed by atoms with E-state index in [-0.39, 0.29) is 0 Å². The minimum Gasteiger partial charge on any atom is -0.497 e. The van der Waals surface area contributed by atoms with Crippen molar-refractivity contribution < 1.29 is 4.74 Å². The first kappa shape index (κ1) is 13.7. The Bertz CT molecular complexity index is 457. The summed E-state index contributed by atoms with van der Waals surface area (Å²) in [6, 6.07) is 6.78. The Morgan fingerprint density at radius 3 is 2.75 bits per heavy atom. The van der Waals surface area contributed by atoms with Gasteiger partial charge in [0.25, 0.3) is 0 Å². The summed E-state index contributed by atoms with van der Waals surface area (Å²) >= 11 is 0. The van der Waals surface area contributed by atoms with E-state index in [1.807, 2.05) is 12.1 Å². The quantitative estimate of drug-likeness (QED) is 0.853. The average Bonchev–Trinajstić information content (AvgIpc) is 3.11. The molecular weight excluding hydrogens is 250 g/mol. The molecule has 1 unspecified atom stereocenters. The van der Waals surface area contributed by atoms with Crippen molar-refractivity contribution in [1.29, 1.82) is 0 Å². The second kappa shape index (κ2) is 6.02. The van der Waals surface area contributed by atoms with Crippen molar-refractivity contribution in [2.75, 3.05) is 39.0 Å². The van der Waals surface area contributed by atoms with Crippen LogP contribution in [-0.2, 0) is 6.54 Å². The van der Waals surface area contributed by atoms with Crippen LogP contribution in [-0.4, -0.2) is 49.1 Å². The van der Waals surface area contributed by atoms with Crippen LogP contribution in [0.5, 0.6) is 5.75 Å². The van der Waals surface area contributed by atoms with E-state index in [1.54, 1.807) is 7.11 Å². The Labute approximate surface area is 121 Å². The minimum atomic E-state index is 0.761. The van der Waals surface area contributed by atoms with Gasteiger partial charge in [-0.1, -0.05) is 6.07 Å². The number of methoxy groups -OCH3 is 1. The number of nitrogen functional groups attached to an aromatic ring is 1. The summed E-state index contributed by atoms with van der Waals surface area (Å²) in [7, 11) is 1.68. The molecule has 0 aromatic heterocycles. The number of ether oxygens (including phenoxy) is 1. The zero-order chi connectivity index (χ0) is 13.9. The van der Waals surface area contributed by atoms with Gasteiger partial charge in [-0.15, -0.1) is 0 Å². The zero-order valence-electron chi connectivity index (χ0n) is 12.3. The molecule has 2 aliphatic rings. The predicted molar refractivity (Wildman–Crippen MR) is 81.9 cm³/mol. The third-order valence-electron chi connectivity index (χ3n) is 4.65. The highest BCUT2D eigenvalue weighted by molar-refractivity contribution is 5.51. The number of rotatable bonds is 4. The summed E-state index contributed by atoms with van der Waals surface area (Å²) in [5.74, 6) is 0.836. The number of hydrogen-bond donors (Lipinski definition) is 1. The summed E-state index contributed by atoms with van der Waals surface area (Å²) in [6.45, 7) is 5.92. The van der Waals surface area contributed by atoms with Crippen molar-refractivity contribution in [2.45, 2.75) is 31.8 Å². The van der Waals surface area contributed by atoms with Gasteiger partial charge < -0.3 is 10.5 Å². The highest BCUT2D eigenvalue weighted by atomic mass is 16.5. The van der Waals surface area contributed by atoms with E-state index in [0.29, 0.717) is 0 Å². The summed E-state index contributed by atoms with van der Waals surface area (Å²) in [6.07, 6.45) is 4.06. The van der Waals surface area contributed by atoms with Crippen molar-refractivity contribution in [2.24, 2.45) is 0 Å². The summed E-state index contributed by atoms with van der Waals surface area (Å²) in [4.78, 5) is 5.19. The Morgan fingerprint density at radius 1 is 1.25 bits per heavy atom. The number of hydrogen-bond acceptors (Lipinski definition) is 4. The highest BCUT2D eigenvalue weighted by Crippen LogP contribution is 2.25. The molecule has 1 aromatic rings. The van der Waals surface area contributed by atoms with Crippen LogP contribution in [0.1, 0.15) is 24.8 Å². The van der Waals surface area contributed by atoms with E-state index in [9.17, 15) is 0 Å². The van der Waals surface area contributed by atoms with E-state index in [1.165, 1.54) is 51.0 Å². The van der Waals surface area contributed by atoms with Gasteiger partial charge in [0.2, 0.25) is 0 Å².